The van der Waals surface area contributed by atoms with Gasteiger partial charge in [0, 0.05) is 10.9 Å². The van der Waals surface area contributed by atoms with E-state index in [4.69, 9.17) is 4.74 Å². The van der Waals surface area contributed by atoms with Crippen molar-refractivity contribution in [2.24, 2.45) is 0 Å². The zero-order chi connectivity index (χ0) is 28.0. The van der Waals surface area contributed by atoms with Crippen LogP contribution >= 0.6 is 0 Å². The number of hydrogen-bond acceptors (Lipinski definition) is 4. The second-order valence-corrected chi connectivity index (χ2v) is 8.01. The number of aliphatic hydroxyl groups is 1. The lowest BCUT2D eigenvalue weighted by molar-refractivity contribution is -0.167. The summed E-state index contributed by atoms with van der Waals surface area (Å²) in [6.45, 7) is 0.0757. The van der Waals surface area contributed by atoms with Crippen molar-refractivity contribution >= 4 is 28.5 Å². The first kappa shape index (κ1) is 27.8. The lowest BCUT2D eigenvalue weighted by atomic mass is 10.0. The van der Waals surface area contributed by atoms with Gasteiger partial charge in [-0.2, -0.15) is 39.5 Å². The minimum absolute atomic E-state index is 0.172. The lowest BCUT2D eigenvalue weighted by Gasteiger charge is -2.22. The summed E-state index contributed by atoms with van der Waals surface area (Å²) in [5, 5.41) is 11.7. The van der Waals surface area contributed by atoms with E-state index in [1.807, 2.05) is 0 Å². The van der Waals surface area contributed by atoms with Crippen molar-refractivity contribution in [3.63, 3.8) is 0 Å². The number of ether oxygens (including phenoxy) is 1. The number of halogens is 9. The molecule has 0 saturated heterocycles. The van der Waals surface area contributed by atoms with Crippen molar-refractivity contribution in [3.8, 4) is 0 Å². The maximum absolute atomic E-state index is 13.4. The second kappa shape index (κ2) is 9.28. The predicted octanol–water partition coefficient (Wildman–Crippen LogP) is 5.77. The number of esters is 1. The number of carbonyl (C=O) groups excluding carboxylic acids is 2. The lowest BCUT2D eigenvalue weighted by Crippen LogP contribution is -2.30. The van der Waals surface area contributed by atoms with Crippen molar-refractivity contribution in [2.75, 3.05) is 11.9 Å². The van der Waals surface area contributed by atoms with E-state index in [0.29, 0.717) is 18.2 Å². The standard InChI is InChI=1S/C22H15F9N2O4/c1-19(36,9-37-17(34)11-4-2-3-5-12(11)20(23,24)25)16-7-10-6-15(33-18(35)22(29,30)31)13(21(26,27)28)8-14(10)32-16/h2-8,32,36H,9H2,1H3,(H,33,35). The third-order valence-electron chi connectivity index (χ3n) is 5.09. The molecule has 15 heteroatoms. The van der Waals surface area contributed by atoms with Crippen LogP contribution in [0.4, 0.5) is 45.2 Å². The first-order valence-corrected chi connectivity index (χ1v) is 9.99. The molecule has 1 unspecified atom stereocenters. The van der Waals surface area contributed by atoms with Gasteiger partial charge in [0.05, 0.1) is 28.1 Å². The topological polar surface area (TPSA) is 91.4 Å². The molecule has 6 nitrogen and oxygen atoms in total. The summed E-state index contributed by atoms with van der Waals surface area (Å²) in [5.74, 6) is -4.09. The molecule has 1 aromatic heterocycles. The first-order chi connectivity index (χ1) is 16.8. The van der Waals surface area contributed by atoms with Crippen LogP contribution in [0.5, 0.6) is 0 Å². The van der Waals surface area contributed by atoms with E-state index in [0.717, 1.165) is 36.5 Å². The molecule has 1 heterocycles. The quantitative estimate of drug-likeness (QED) is 0.282. The molecule has 0 radical (unpaired) electrons. The Morgan fingerprint density at radius 3 is 2.08 bits per heavy atom. The summed E-state index contributed by atoms with van der Waals surface area (Å²) in [7, 11) is 0. The highest BCUT2D eigenvalue weighted by molar-refractivity contribution is 5.98. The van der Waals surface area contributed by atoms with Gasteiger partial charge in [-0.1, -0.05) is 12.1 Å². The number of alkyl halides is 9. The fraction of sp³-hybridized carbons (Fsp3) is 0.273. The Kier molecular flexibility index (Phi) is 6.98. The van der Waals surface area contributed by atoms with Crippen LogP contribution in [0.3, 0.4) is 0 Å². The van der Waals surface area contributed by atoms with E-state index >= 15 is 0 Å². The van der Waals surface area contributed by atoms with Crippen LogP contribution in [0.2, 0.25) is 0 Å². The number of rotatable bonds is 5. The van der Waals surface area contributed by atoms with E-state index in [1.165, 1.54) is 0 Å². The number of carbonyl (C=O) groups is 2. The fourth-order valence-electron chi connectivity index (χ4n) is 3.27. The van der Waals surface area contributed by atoms with Gasteiger partial charge in [0.2, 0.25) is 0 Å². The van der Waals surface area contributed by atoms with Crippen molar-refractivity contribution in [3.05, 3.63) is 64.8 Å². The molecular weight excluding hydrogens is 527 g/mol. The van der Waals surface area contributed by atoms with Crippen LogP contribution in [-0.4, -0.2) is 34.8 Å². The van der Waals surface area contributed by atoms with Gasteiger partial charge in [0.15, 0.2) is 0 Å². The molecule has 0 bridgehead atoms. The highest BCUT2D eigenvalue weighted by Crippen LogP contribution is 2.39. The molecule has 0 spiro atoms. The number of H-pyrrole nitrogens is 1. The molecule has 0 aliphatic heterocycles. The first-order valence-electron chi connectivity index (χ1n) is 9.99. The summed E-state index contributed by atoms with van der Waals surface area (Å²) in [6.07, 6.45) is -15.5. The normalized spacial score (nSPS) is 14.4. The van der Waals surface area contributed by atoms with E-state index in [1.54, 1.807) is 0 Å². The van der Waals surface area contributed by atoms with Crippen molar-refractivity contribution in [1.29, 1.82) is 0 Å². The van der Waals surface area contributed by atoms with Gasteiger partial charge in [0.25, 0.3) is 0 Å². The number of benzene rings is 2. The smallest absolute Gasteiger partial charge is 0.459 e. The molecule has 1 amide bonds. The second-order valence-electron chi connectivity index (χ2n) is 8.01. The van der Waals surface area contributed by atoms with Crippen molar-refractivity contribution in [2.45, 2.75) is 31.1 Å². The van der Waals surface area contributed by atoms with Gasteiger partial charge in [-0.15, -0.1) is 0 Å². The number of nitrogens with one attached hydrogen (secondary N) is 2. The fourth-order valence-corrected chi connectivity index (χ4v) is 3.27. The van der Waals surface area contributed by atoms with Crippen LogP contribution < -0.4 is 5.32 Å². The summed E-state index contributed by atoms with van der Waals surface area (Å²) >= 11 is 0. The molecule has 0 aliphatic carbocycles. The molecule has 0 aliphatic rings. The largest absolute Gasteiger partial charge is 0.471 e. The molecule has 37 heavy (non-hydrogen) atoms. The predicted molar refractivity (Wildman–Crippen MR) is 109 cm³/mol. The molecule has 3 aromatic rings. The zero-order valence-electron chi connectivity index (χ0n) is 18.3. The molecule has 2 aromatic carbocycles. The van der Waals surface area contributed by atoms with Crippen LogP contribution in [-0.2, 0) is 27.5 Å². The molecule has 200 valence electrons. The van der Waals surface area contributed by atoms with Gasteiger partial charge < -0.3 is 20.1 Å². The van der Waals surface area contributed by atoms with Crippen LogP contribution in [0.1, 0.15) is 34.1 Å². The number of anilines is 1. The van der Waals surface area contributed by atoms with Crippen LogP contribution in [0.25, 0.3) is 10.9 Å². The van der Waals surface area contributed by atoms with Gasteiger partial charge in [-0.05, 0) is 37.3 Å². The molecular formula is C22H15F9N2O4. The Hall–Kier alpha value is -3.75. The Morgan fingerprint density at radius 2 is 1.51 bits per heavy atom. The SMILES string of the molecule is CC(O)(COC(=O)c1ccccc1C(F)(F)F)c1cc2cc(NC(=O)C(F)(F)F)c(C(F)(F)F)cc2[nH]1. The third-order valence-corrected chi connectivity index (χ3v) is 5.09. The molecule has 3 rings (SSSR count). The maximum Gasteiger partial charge on any atom is 0.471 e. The van der Waals surface area contributed by atoms with E-state index in [9.17, 15) is 54.2 Å². The summed E-state index contributed by atoms with van der Waals surface area (Å²) in [5.41, 5.74) is -7.76. The van der Waals surface area contributed by atoms with Gasteiger partial charge in [-0.25, -0.2) is 4.79 Å². The summed E-state index contributed by atoms with van der Waals surface area (Å²) < 4.78 is 122. The van der Waals surface area contributed by atoms with Crippen LogP contribution in [0, 0.1) is 0 Å². The molecule has 0 fully saturated rings. The van der Waals surface area contributed by atoms with Gasteiger partial charge >= 0.3 is 30.4 Å². The number of fused-ring (bicyclic) bond motifs is 1. The number of hydrogen-bond donors (Lipinski definition) is 3. The van der Waals surface area contributed by atoms with Gasteiger partial charge in [0.1, 0.15) is 12.2 Å². The zero-order valence-corrected chi connectivity index (χ0v) is 18.3. The Bertz CT molecular complexity index is 1340. The van der Waals surface area contributed by atoms with Crippen molar-refractivity contribution in [1.82, 2.24) is 4.98 Å². The minimum Gasteiger partial charge on any atom is -0.459 e. The molecule has 0 saturated carbocycles. The summed E-state index contributed by atoms with van der Waals surface area (Å²) in [4.78, 5) is 25.8. The molecule has 3 N–H and O–H groups in total. The number of amides is 1. The molecule has 1 atom stereocenters. The summed E-state index contributed by atoms with van der Waals surface area (Å²) in [6, 6.07) is 5.67. The Morgan fingerprint density at radius 1 is 0.919 bits per heavy atom. The van der Waals surface area contributed by atoms with E-state index < -0.39 is 65.0 Å². The highest BCUT2D eigenvalue weighted by Gasteiger charge is 2.42. The average molecular weight is 542 g/mol. The third kappa shape index (κ3) is 6.15. The highest BCUT2D eigenvalue weighted by atomic mass is 19.4. The minimum atomic E-state index is -5.47. The monoisotopic (exact) mass is 542 g/mol. The average Bonchev–Trinajstić information content (AvgIpc) is 3.19. The Labute approximate surface area is 201 Å². The maximum atomic E-state index is 13.4. The van der Waals surface area contributed by atoms with Crippen LogP contribution in [0.15, 0.2) is 42.5 Å². The van der Waals surface area contributed by atoms with E-state index in [2.05, 4.69) is 4.98 Å². The Balaban J connectivity index is 1.91. The number of aromatic amines is 1. The van der Waals surface area contributed by atoms with E-state index in [-0.39, 0.29) is 16.6 Å². The number of aromatic nitrogens is 1. The van der Waals surface area contributed by atoms with Gasteiger partial charge in [-0.3, -0.25) is 4.79 Å². The van der Waals surface area contributed by atoms with Crippen molar-refractivity contribution < 1.29 is 58.9 Å².